The molecule has 0 aliphatic heterocycles. The van der Waals surface area contributed by atoms with Crippen molar-refractivity contribution >= 4 is 11.3 Å². The monoisotopic (exact) mass is 251 g/mol. The molecule has 2 rings (SSSR count). The van der Waals surface area contributed by atoms with Gasteiger partial charge in [-0.3, -0.25) is 0 Å². The summed E-state index contributed by atoms with van der Waals surface area (Å²) in [5, 5.41) is 12.8. The fourth-order valence-corrected chi connectivity index (χ4v) is 2.42. The van der Waals surface area contributed by atoms with Gasteiger partial charge in [-0.1, -0.05) is 23.5 Å². The van der Waals surface area contributed by atoms with Gasteiger partial charge in [0.05, 0.1) is 0 Å². The lowest BCUT2D eigenvalue weighted by Crippen LogP contribution is -2.08. The molecule has 1 aromatic carbocycles. The second-order valence-electron chi connectivity index (χ2n) is 3.69. The van der Waals surface area contributed by atoms with Crippen LogP contribution in [0.2, 0.25) is 0 Å². The van der Waals surface area contributed by atoms with Gasteiger partial charge in [0.1, 0.15) is 10.8 Å². The third-order valence-electron chi connectivity index (χ3n) is 2.39. The molecule has 0 saturated heterocycles. The minimum absolute atomic E-state index is 0.245. The highest BCUT2D eigenvalue weighted by Gasteiger charge is 2.10. The number of halogens is 1. The third kappa shape index (κ3) is 3.08. The second-order valence-corrected chi connectivity index (χ2v) is 4.75. The smallest absolute Gasteiger partial charge is 0.150 e. The van der Waals surface area contributed by atoms with E-state index in [0.717, 1.165) is 24.4 Å². The maximum atomic E-state index is 13.5. The predicted octanol–water partition coefficient (Wildman–Crippen LogP) is 2.50. The number of aromatic nitrogens is 2. The molecule has 2 aromatic rings. The van der Waals surface area contributed by atoms with Crippen molar-refractivity contribution in [3.05, 3.63) is 35.1 Å². The molecule has 0 amide bonds. The lowest BCUT2D eigenvalue weighted by atomic mass is 10.2. The maximum Gasteiger partial charge on any atom is 0.150 e. The molecule has 17 heavy (non-hydrogen) atoms. The summed E-state index contributed by atoms with van der Waals surface area (Å²) in [6.45, 7) is 0.953. The molecular formula is C12H14FN3S. The summed E-state index contributed by atoms with van der Waals surface area (Å²) in [5.41, 5.74) is 0.532. The summed E-state index contributed by atoms with van der Waals surface area (Å²) in [6, 6.07) is 6.65. The highest BCUT2D eigenvalue weighted by Crippen LogP contribution is 2.26. The molecular weight excluding hydrogens is 237 g/mol. The predicted molar refractivity (Wildman–Crippen MR) is 67.6 cm³/mol. The zero-order valence-electron chi connectivity index (χ0n) is 9.61. The first-order valence-corrected chi connectivity index (χ1v) is 6.35. The summed E-state index contributed by atoms with van der Waals surface area (Å²) < 4.78 is 13.5. The SMILES string of the molecule is CNCCCc1nnc(-c2ccccc2F)s1. The summed E-state index contributed by atoms with van der Waals surface area (Å²) in [4.78, 5) is 0. The van der Waals surface area contributed by atoms with E-state index >= 15 is 0 Å². The van der Waals surface area contributed by atoms with Crippen LogP contribution in [0.1, 0.15) is 11.4 Å². The highest BCUT2D eigenvalue weighted by atomic mass is 32.1. The highest BCUT2D eigenvalue weighted by molar-refractivity contribution is 7.14. The Labute approximate surface area is 104 Å². The standard InChI is InChI=1S/C12H14FN3S/c1-14-8-4-7-11-15-16-12(17-11)9-5-2-3-6-10(9)13/h2-3,5-6,14H,4,7-8H2,1H3. The van der Waals surface area contributed by atoms with Crippen LogP contribution in [0, 0.1) is 5.82 Å². The molecule has 5 heteroatoms. The molecule has 1 heterocycles. The number of hydrogen-bond donors (Lipinski definition) is 1. The van der Waals surface area contributed by atoms with Gasteiger partial charge in [-0.2, -0.15) is 0 Å². The van der Waals surface area contributed by atoms with Crippen molar-refractivity contribution in [1.29, 1.82) is 0 Å². The molecule has 0 aliphatic carbocycles. The fourth-order valence-electron chi connectivity index (χ4n) is 1.51. The quantitative estimate of drug-likeness (QED) is 0.830. The Morgan fingerprint density at radius 3 is 2.88 bits per heavy atom. The Hall–Kier alpha value is -1.33. The number of rotatable bonds is 5. The van der Waals surface area contributed by atoms with Crippen molar-refractivity contribution in [2.75, 3.05) is 13.6 Å². The summed E-state index contributed by atoms with van der Waals surface area (Å²) in [7, 11) is 1.92. The van der Waals surface area contributed by atoms with Crippen molar-refractivity contribution < 1.29 is 4.39 Å². The van der Waals surface area contributed by atoms with E-state index in [1.165, 1.54) is 17.4 Å². The van der Waals surface area contributed by atoms with Gasteiger partial charge in [0.2, 0.25) is 0 Å². The van der Waals surface area contributed by atoms with Crippen LogP contribution >= 0.6 is 11.3 Å². The van der Waals surface area contributed by atoms with Crippen LogP contribution in [0.5, 0.6) is 0 Å². The Morgan fingerprint density at radius 1 is 1.29 bits per heavy atom. The van der Waals surface area contributed by atoms with Crippen LogP contribution in [0.4, 0.5) is 4.39 Å². The molecule has 3 nitrogen and oxygen atoms in total. The van der Waals surface area contributed by atoms with E-state index < -0.39 is 0 Å². The summed E-state index contributed by atoms with van der Waals surface area (Å²) >= 11 is 1.46. The van der Waals surface area contributed by atoms with E-state index in [1.54, 1.807) is 18.2 Å². The third-order valence-corrected chi connectivity index (χ3v) is 3.40. The van der Waals surface area contributed by atoms with Gasteiger partial charge in [0.15, 0.2) is 5.01 Å². The zero-order chi connectivity index (χ0) is 12.1. The summed E-state index contributed by atoms with van der Waals surface area (Å²) in [5.74, 6) is -0.245. The van der Waals surface area contributed by atoms with E-state index in [-0.39, 0.29) is 5.82 Å². The second kappa shape index (κ2) is 5.84. The molecule has 0 unspecified atom stereocenters. The van der Waals surface area contributed by atoms with Gasteiger partial charge in [-0.15, -0.1) is 10.2 Å². The molecule has 0 aliphatic rings. The van der Waals surface area contributed by atoms with Crippen molar-refractivity contribution in [1.82, 2.24) is 15.5 Å². The Bertz CT molecular complexity index is 484. The Morgan fingerprint density at radius 2 is 2.12 bits per heavy atom. The molecule has 1 N–H and O–H groups in total. The van der Waals surface area contributed by atoms with E-state index in [1.807, 2.05) is 7.05 Å². The number of nitrogens with zero attached hydrogens (tertiary/aromatic N) is 2. The van der Waals surface area contributed by atoms with Gasteiger partial charge < -0.3 is 5.32 Å². The van der Waals surface area contributed by atoms with Gasteiger partial charge in [-0.25, -0.2) is 4.39 Å². The maximum absolute atomic E-state index is 13.5. The van der Waals surface area contributed by atoms with Crippen molar-refractivity contribution in [2.45, 2.75) is 12.8 Å². The van der Waals surface area contributed by atoms with Gasteiger partial charge in [0, 0.05) is 12.0 Å². The first-order chi connectivity index (χ1) is 8.31. The lowest BCUT2D eigenvalue weighted by Gasteiger charge is -1.96. The Kier molecular flexibility index (Phi) is 4.17. The van der Waals surface area contributed by atoms with Crippen molar-refractivity contribution in [3.63, 3.8) is 0 Å². The lowest BCUT2D eigenvalue weighted by molar-refractivity contribution is 0.631. The van der Waals surface area contributed by atoms with E-state index in [9.17, 15) is 4.39 Å². The van der Waals surface area contributed by atoms with E-state index in [0.29, 0.717) is 10.6 Å². The largest absolute Gasteiger partial charge is 0.320 e. The van der Waals surface area contributed by atoms with Crippen LogP contribution in [-0.4, -0.2) is 23.8 Å². The first kappa shape index (κ1) is 12.1. The normalized spacial score (nSPS) is 10.7. The number of aryl methyl sites for hydroxylation is 1. The van der Waals surface area contributed by atoms with Crippen LogP contribution in [0.25, 0.3) is 10.6 Å². The van der Waals surface area contributed by atoms with Crippen molar-refractivity contribution in [3.8, 4) is 10.6 Å². The molecule has 0 spiro atoms. The number of hydrogen-bond acceptors (Lipinski definition) is 4. The molecule has 0 radical (unpaired) electrons. The van der Waals surface area contributed by atoms with Crippen LogP contribution in [0.3, 0.4) is 0 Å². The van der Waals surface area contributed by atoms with Gasteiger partial charge in [-0.05, 0) is 32.1 Å². The molecule has 0 bridgehead atoms. The number of benzene rings is 1. The first-order valence-electron chi connectivity index (χ1n) is 5.53. The van der Waals surface area contributed by atoms with E-state index in [4.69, 9.17) is 0 Å². The molecule has 0 atom stereocenters. The zero-order valence-corrected chi connectivity index (χ0v) is 10.4. The number of nitrogens with one attached hydrogen (secondary N) is 1. The summed E-state index contributed by atoms with van der Waals surface area (Å²) in [6.07, 6.45) is 1.90. The van der Waals surface area contributed by atoms with Crippen LogP contribution in [-0.2, 0) is 6.42 Å². The van der Waals surface area contributed by atoms with Gasteiger partial charge in [0.25, 0.3) is 0 Å². The Balaban J connectivity index is 2.10. The van der Waals surface area contributed by atoms with Gasteiger partial charge >= 0.3 is 0 Å². The minimum atomic E-state index is -0.245. The van der Waals surface area contributed by atoms with E-state index in [2.05, 4.69) is 15.5 Å². The minimum Gasteiger partial charge on any atom is -0.320 e. The van der Waals surface area contributed by atoms with Crippen LogP contribution < -0.4 is 5.32 Å². The fraction of sp³-hybridized carbons (Fsp3) is 0.333. The molecule has 0 fully saturated rings. The molecule has 90 valence electrons. The topological polar surface area (TPSA) is 37.8 Å². The van der Waals surface area contributed by atoms with Crippen LogP contribution in [0.15, 0.2) is 24.3 Å². The molecule has 0 saturated carbocycles. The average molecular weight is 251 g/mol. The van der Waals surface area contributed by atoms with Crippen molar-refractivity contribution in [2.24, 2.45) is 0 Å². The average Bonchev–Trinajstić information content (AvgIpc) is 2.79. The molecule has 1 aromatic heterocycles.